The van der Waals surface area contributed by atoms with Gasteiger partial charge in [-0.15, -0.1) is 0 Å². The van der Waals surface area contributed by atoms with Gasteiger partial charge in [-0.2, -0.15) is 0 Å². The zero-order valence-electron chi connectivity index (χ0n) is 10.4. The highest BCUT2D eigenvalue weighted by atomic mass is 16.5. The van der Waals surface area contributed by atoms with Crippen molar-refractivity contribution in [1.29, 1.82) is 0 Å². The minimum atomic E-state index is 0.570. The molecule has 0 aliphatic heterocycles. The van der Waals surface area contributed by atoms with Gasteiger partial charge in [0.25, 0.3) is 0 Å². The highest BCUT2D eigenvalue weighted by Gasteiger charge is 2.04. The molecule has 1 aromatic rings. The van der Waals surface area contributed by atoms with Gasteiger partial charge in [-0.05, 0) is 42.0 Å². The summed E-state index contributed by atoms with van der Waals surface area (Å²) in [6.07, 6.45) is 0. The smallest absolute Gasteiger partial charge is 0.119 e. The second-order valence-electron chi connectivity index (χ2n) is 4.74. The van der Waals surface area contributed by atoms with Gasteiger partial charge in [-0.1, -0.05) is 33.8 Å². The lowest BCUT2D eigenvalue weighted by Gasteiger charge is -2.12. The Bertz CT molecular complexity index is 313. The molecule has 1 rings (SSSR count). The Hall–Kier alpha value is -0.980. The maximum absolute atomic E-state index is 5.73. The fourth-order valence-corrected chi connectivity index (χ4v) is 1.38. The van der Waals surface area contributed by atoms with Crippen LogP contribution in [-0.4, -0.2) is 6.61 Å². The molecule has 0 fully saturated rings. The highest BCUT2D eigenvalue weighted by Crippen LogP contribution is 2.22. The van der Waals surface area contributed by atoms with Crippen LogP contribution in [0.4, 0.5) is 0 Å². The SMILES string of the molecule is C[C](C)c1cc(C)cc(OCC(C)C)c1. The van der Waals surface area contributed by atoms with Crippen molar-refractivity contribution in [2.75, 3.05) is 6.61 Å². The van der Waals surface area contributed by atoms with Gasteiger partial charge >= 0.3 is 0 Å². The monoisotopic (exact) mass is 205 g/mol. The van der Waals surface area contributed by atoms with Crippen LogP contribution in [0.1, 0.15) is 38.8 Å². The molecule has 1 heteroatoms. The lowest BCUT2D eigenvalue weighted by Crippen LogP contribution is -2.05. The maximum Gasteiger partial charge on any atom is 0.119 e. The van der Waals surface area contributed by atoms with Crippen molar-refractivity contribution in [1.82, 2.24) is 0 Å². The molecule has 0 aromatic heterocycles. The van der Waals surface area contributed by atoms with Gasteiger partial charge in [0.05, 0.1) is 6.61 Å². The molecular weight excluding hydrogens is 184 g/mol. The Labute approximate surface area is 93.5 Å². The molecule has 1 nitrogen and oxygen atoms in total. The van der Waals surface area contributed by atoms with E-state index in [4.69, 9.17) is 4.74 Å². The Morgan fingerprint density at radius 3 is 2.40 bits per heavy atom. The van der Waals surface area contributed by atoms with E-state index in [0.717, 1.165) is 12.4 Å². The van der Waals surface area contributed by atoms with Crippen molar-refractivity contribution in [3.63, 3.8) is 0 Å². The topological polar surface area (TPSA) is 9.23 Å². The first-order chi connectivity index (χ1) is 6.99. The summed E-state index contributed by atoms with van der Waals surface area (Å²) in [5, 5.41) is 0. The molecule has 1 radical (unpaired) electrons. The average Bonchev–Trinajstić information content (AvgIpc) is 2.13. The molecule has 0 bridgehead atoms. The third-order valence-electron chi connectivity index (χ3n) is 2.21. The van der Waals surface area contributed by atoms with Gasteiger partial charge < -0.3 is 4.74 Å². The zero-order chi connectivity index (χ0) is 11.4. The first kappa shape index (κ1) is 12.1. The third kappa shape index (κ3) is 3.94. The van der Waals surface area contributed by atoms with E-state index in [9.17, 15) is 0 Å². The first-order valence-electron chi connectivity index (χ1n) is 5.54. The number of rotatable bonds is 4. The number of aryl methyl sites for hydroxylation is 1. The van der Waals surface area contributed by atoms with E-state index < -0.39 is 0 Å². The summed E-state index contributed by atoms with van der Waals surface area (Å²) in [5.74, 6) is 2.88. The van der Waals surface area contributed by atoms with E-state index in [2.05, 4.69) is 52.8 Å². The average molecular weight is 205 g/mol. The van der Waals surface area contributed by atoms with Crippen LogP contribution in [0.2, 0.25) is 0 Å². The van der Waals surface area contributed by atoms with Gasteiger partial charge in [0.15, 0.2) is 0 Å². The van der Waals surface area contributed by atoms with Crippen molar-refractivity contribution in [3.05, 3.63) is 35.2 Å². The molecule has 1 aromatic carbocycles. The lowest BCUT2D eigenvalue weighted by molar-refractivity contribution is 0.271. The Balaban J connectivity index is 2.79. The predicted molar refractivity (Wildman–Crippen MR) is 65.2 cm³/mol. The number of benzene rings is 1. The molecule has 0 spiro atoms. The van der Waals surface area contributed by atoms with Gasteiger partial charge in [0.2, 0.25) is 0 Å². The summed E-state index contributed by atoms with van der Waals surface area (Å²) in [6.45, 7) is 11.5. The molecule has 0 N–H and O–H groups in total. The number of ether oxygens (including phenoxy) is 1. The minimum absolute atomic E-state index is 0.570. The zero-order valence-corrected chi connectivity index (χ0v) is 10.4. The molecule has 0 aliphatic rings. The number of hydrogen-bond donors (Lipinski definition) is 0. The molecule has 0 saturated heterocycles. The van der Waals surface area contributed by atoms with E-state index >= 15 is 0 Å². The largest absolute Gasteiger partial charge is 0.493 e. The predicted octanol–water partition coefficient (Wildman–Crippen LogP) is 3.99. The Morgan fingerprint density at radius 2 is 1.87 bits per heavy atom. The van der Waals surface area contributed by atoms with Crippen molar-refractivity contribution in [3.8, 4) is 5.75 Å². The first-order valence-corrected chi connectivity index (χ1v) is 5.54. The van der Waals surface area contributed by atoms with Crippen LogP contribution in [0.5, 0.6) is 5.75 Å². The highest BCUT2D eigenvalue weighted by molar-refractivity contribution is 5.39. The Morgan fingerprint density at radius 1 is 1.20 bits per heavy atom. The molecule has 0 aliphatic carbocycles. The van der Waals surface area contributed by atoms with E-state index in [0.29, 0.717) is 5.92 Å². The van der Waals surface area contributed by atoms with Crippen molar-refractivity contribution < 1.29 is 4.74 Å². The van der Waals surface area contributed by atoms with E-state index in [1.807, 2.05) is 0 Å². The van der Waals surface area contributed by atoms with Crippen LogP contribution in [0.25, 0.3) is 0 Å². The second-order valence-corrected chi connectivity index (χ2v) is 4.74. The van der Waals surface area contributed by atoms with E-state index in [1.165, 1.54) is 17.0 Å². The Kier molecular flexibility index (Phi) is 4.19. The fraction of sp³-hybridized carbons (Fsp3) is 0.500. The summed E-state index contributed by atoms with van der Waals surface area (Å²) in [4.78, 5) is 0. The summed E-state index contributed by atoms with van der Waals surface area (Å²) >= 11 is 0. The van der Waals surface area contributed by atoms with Crippen LogP contribution in [0.15, 0.2) is 18.2 Å². The summed E-state index contributed by atoms with van der Waals surface area (Å²) < 4.78 is 5.73. The standard InChI is InChI=1S/C14H21O/c1-10(2)9-15-14-7-12(5)6-13(8-14)11(3)4/h6-8,10H,9H2,1-5H3. The van der Waals surface area contributed by atoms with Crippen molar-refractivity contribution in [2.24, 2.45) is 5.92 Å². The van der Waals surface area contributed by atoms with Crippen molar-refractivity contribution >= 4 is 0 Å². The summed E-state index contributed by atoms with van der Waals surface area (Å²) in [5.41, 5.74) is 2.53. The molecule has 0 heterocycles. The summed E-state index contributed by atoms with van der Waals surface area (Å²) in [6, 6.07) is 6.40. The molecule has 0 saturated carbocycles. The van der Waals surface area contributed by atoms with Crippen LogP contribution in [0, 0.1) is 18.8 Å². The van der Waals surface area contributed by atoms with Crippen LogP contribution in [-0.2, 0) is 0 Å². The van der Waals surface area contributed by atoms with Crippen LogP contribution >= 0.6 is 0 Å². The fourth-order valence-electron chi connectivity index (χ4n) is 1.38. The van der Waals surface area contributed by atoms with Gasteiger partial charge in [-0.25, -0.2) is 0 Å². The molecule has 0 amide bonds. The van der Waals surface area contributed by atoms with Gasteiger partial charge in [-0.3, -0.25) is 0 Å². The molecule has 83 valence electrons. The second kappa shape index (κ2) is 5.20. The quantitative estimate of drug-likeness (QED) is 0.722. The van der Waals surface area contributed by atoms with Crippen LogP contribution < -0.4 is 4.74 Å². The van der Waals surface area contributed by atoms with E-state index in [-0.39, 0.29) is 0 Å². The lowest BCUT2D eigenvalue weighted by atomic mass is 10.0. The molecule has 15 heavy (non-hydrogen) atoms. The van der Waals surface area contributed by atoms with Crippen LogP contribution in [0.3, 0.4) is 0 Å². The minimum Gasteiger partial charge on any atom is -0.493 e. The molecule has 0 atom stereocenters. The maximum atomic E-state index is 5.73. The number of hydrogen-bond acceptors (Lipinski definition) is 1. The van der Waals surface area contributed by atoms with Gasteiger partial charge in [0, 0.05) is 0 Å². The van der Waals surface area contributed by atoms with Crippen molar-refractivity contribution in [2.45, 2.75) is 34.6 Å². The van der Waals surface area contributed by atoms with E-state index in [1.54, 1.807) is 0 Å². The third-order valence-corrected chi connectivity index (χ3v) is 2.21. The molecule has 0 unspecified atom stereocenters. The van der Waals surface area contributed by atoms with Gasteiger partial charge in [0.1, 0.15) is 5.75 Å². The summed E-state index contributed by atoms with van der Waals surface area (Å²) in [7, 11) is 0. The molecular formula is C14H21O. The normalized spacial score (nSPS) is 11.1.